The molecule has 2 heterocycles. The molecule has 22 heavy (non-hydrogen) atoms. The number of hydrogen-bond donors (Lipinski definition) is 0. The summed E-state index contributed by atoms with van der Waals surface area (Å²) in [6.07, 6.45) is 7.91. The van der Waals surface area contributed by atoms with Crippen LogP contribution >= 0.6 is 24.0 Å². The first-order valence-electron chi connectivity index (χ1n) is 7.33. The zero-order chi connectivity index (χ0) is 15.4. The number of carbonyl (C=O) groups is 1. The minimum Gasteiger partial charge on any atom is -0.376 e. The van der Waals surface area contributed by atoms with Crippen molar-refractivity contribution in [1.29, 1.82) is 0 Å². The van der Waals surface area contributed by atoms with E-state index in [0.717, 1.165) is 25.0 Å². The fraction of sp³-hybridized carbons (Fsp3) is 0.294. The zero-order valence-electron chi connectivity index (χ0n) is 12.1. The highest BCUT2D eigenvalue weighted by Crippen LogP contribution is 2.32. The van der Waals surface area contributed by atoms with Gasteiger partial charge in [-0.25, -0.2) is 0 Å². The van der Waals surface area contributed by atoms with Crippen LogP contribution < -0.4 is 0 Å². The molecule has 0 saturated carbocycles. The number of carbonyl (C=O) groups excluding carboxylic acids is 1. The van der Waals surface area contributed by atoms with E-state index in [9.17, 15) is 4.79 Å². The highest BCUT2D eigenvalue weighted by Gasteiger charge is 2.34. The first-order chi connectivity index (χ1) is 10.7. The highest BCUT2D eigenvalue weighted by atomic mass is 32.2. The number of thiocarbonyl (C=S) groups is 1. The fourth-order valence-corrected chi connectivity index (χ4v) is 3.70. The summed E-state index contributed by atoms with van der Waals surface area (Å²) in [4.78, 5) is 14.7. The molecular formula is C17H17NO2S2. The molecule has 1 aromatic rings. The summed E-state index contributed by atoms with van der Waals surface area (Å²) in [6, 6.07) is 10.00. The van der Waals surface area contributed by atoms with Crippen molar-refractivity contribution in [3.8, 4) is 0 Å². The largest absolute Gasteiger partial charge is 0.376 e. The number of nitrogens with zero attached hydrogens (tertiary/aromatic N) is 1. The number of rotatable bonds is 4. The summed E-state index contributed by atoms with van der Waals surface area (Å²) < 4.78 is 6.21. The molecule has 2 aliphatic rings. The number of benzene rings is 1. The van der Waals surface area contributed by atoms with Crippen molar-refractivity contribution in [1.82, 2.24) is 4.90 Å². The lowest BCUT2D eigenvalue weighted by molar-refractivity contribution is -0.123. The predicted molar refractivity (Wildman–Crippen MR) is 94.4 cm³/mol. The van der Waals surface area contributed by atoms with Crippen molar-refractivity contribution in [3.05, 3.63) is 53.0 Å². The Morgan fingerprint density at radius 2 is 2.18 bits per heavy atom. The van der Waals surface area contributed by atoms with E-state index in [1.54, 1.807) is 4.90 Å². The van der Waals surface area contributed by atoms with Crippen LogP contribution in [0.1, 0.15) is 18.4 Å². The summed E-state index contributed by atoms with van der Waals surface area (Å²) in [5, 5.41) is 0. The molecule has 0 aromatic heterocycles. The van der Waals surface area contributed by atoms with Gasteiger partial charge in [-0.1, -0.05) is 66.5 Å². The van der Waals surface area contributed by atoms with Gasteiger partial charge in [-0.15, -0.1) is 0 Å². The second-order valence-electron chi connectivity index (χ2n) is 5.22. The third-order valence-electron chi connectivity index (χ3n) is 3.62. The van der Waals surface area contributed by atoms with Crippen LogP contribution in [0.5, 0.6) is 0 Å². The van der Waals surface area contributed by atoms with Gasteiger partial charge in [-0.05, 0) is 24.5 Å². The summed E-state index contributed by atoms with van der Waals surface area (Å²) in [5.41, 5.74) is 1.11. The Bertz CT molecular complexity index is 619. The van der Waals surface area contributed by atoms with Crippen LogP contribution in [-0.2, 0) is 9.53 Å². The van der Waals surface area contributed by atoms with Crippen LogP contribution in [0.3, 0.4) is 0 Å². The highest BCUT2D eigenvalue weighted by molar-refractivity contribution is 8.26. The minimum absolute atomic E-state index is 0.0109. The van der Waals surface area contributed by atoms with Gasteiger partial charge in [-0.3, -0.25) is 9.69 Å². The van der Waals surface area contributed by atoms with Gasteiger partial charge in [0.15, 0.2) is 0 Å². The minimum atomic E-state index is -0.0109. The number of allylic oxidation sites excluding steroid dienone is 2. The molecule has 0 bridgehead atoms. The molecule has 2 fully saturated rings. The lowest BCUT2D eigenvalue weighted by Gasteiger charge is -2.18. The van der Waals surface area contributed by atoms with E-state index in [4.69, 9.17) is 17.0 Å². The Balaban J connectivity index is 1.65. The van der Waals surface area contributed by atoms with Gasteiger partial charge in [0.05, 0.1) is 17.6 Å². The molecule has 3 nitrogen and oxygen atoms in total. The van der Waals surface area contributed by atoms with Crippen molar-refractivity contribution in [2.45, 2.75) is 18.9 Å². The topological polar surface area (TPSA) is 29.5 Å². The number of hydrogen-bond acceptors (Lipinski definition) is 4. The maximum atomic E-state index is 12.4. The molecule has 5 heteroatoms. The average Bonchev–Trinajstić information content (AvgIpc) is 3.13. The molecule has 0 N–H and O–H groups in total. The van der Waals surface area contributed by atoms with Crippen LogP contribution in [0, 0.1) is 0 Å². The number of amides is 1. The molecular weight excluding hydrogens is 314 g/mol. The first-order valence-corrected chi connectivity index (χ1v) is 8.55. The standard InChI is InChI=1S/C17H17NO2S2/c19-16-15(10-4-8-13-6-2-1-3-7-13)22-17(21)18(16)12-14-9-5-11-20-14/h1-4,6-8,10,14H,5,9,11-12H2. The summed E-state index contributed by atoms with van der Waals surface area (Å²) in [6.45, 7) is 1.36. The molecule has 1 aromatic carbocycles. The maximum Gasteiger partial charge on any atom is 0.266 e. The van der Waals surface area contributed by atoms with Gasteiger partial charge >= 0.3 is 0 Å². The van der Waals surface area contributed by atoms with Crippen LogP contribution in [0.4, 0.5) is 0 Å². The van der Waals surface area contributed by atoms with E-state index < -0.39 is 0 Å². The normalized spacial score (nSPS) is 24.1. The second kappa shape index (κ2) is 7.22. The summed E-state index contributed by atoms with van der Waals surface area (Å²) in [5.74, 6) is -0.0109. The van der Waals surface area contributed by atoms with E-state index >= 15 is 0 Å². The molecule has 0 radical (unpaired) electrons. The Hall–Kier alpha value is -1.43. The molecule has 1 unspecified atom stereocenters. The molecule has 1 amide bonds. The van der Waals surface area contributed by atoms with Crippen LogP contribution in [-0.4, -0.2) is 34.4 Å². The number of thioether (sulfide) groups is 1. The van der Waals surface area contributed by atoms with Gasteiger partial charge in [-0.2, -0.15) is 0 Å². The van der Waals surface area contributed by atoms with Crippen molar-refractivity contribution >= 4 is 40.3 Å². The van der Waals surface area contributed by atoms with E-state index in [1.807, 2.05) is 48.6 Å². The zero-order valence-corrected chi connectivity index (χ0v) is 13.7. The van der Waals surface area contributed by atoms with Crippen molar-refractivity contribution in [2.75, 3.05) is 13.2 Å². The SMILES string of the molecule is O=C1C(=CC=Cc2ccccc2)SC(=S)N1CC1CCCO1. The lowest BCUT2D eigenvalue weighted by Crippen LogP contribution is -2.35. The molecule has 0 aliphatic carbocycles. The average molecular weight is 331 g/mol. The van der Waals surface area contributed by atoms with Crippen LogP contribution in [0.25, 0.3) is 6.08 Å². The second-order valence-corrected chi connectivity index (χ2v) is 6.90. The van der Waals surface area contributed by atoms with E-state index in [2.05, 4.69) is 0 Å². The van der Waals surface area contributed by atoms with Gasteiger partial charge < -0.3 is 4.74 Å². The maximum absolute atomic E-state index is 12.4. The molecule has 1 atom stereocenters. The molecule has 2 aliphatic heterocycles. The molecule has 3 rings (SSSR count). The van der Waals surface area contributed by atoms with Crippen molar-refractivity contribution < 1.29 is 9.53 Å². The molecule has 2 saturated heterocycles. The smallest absolute Gasteiger partial charge is 0.266 e. The third kappa shape index (κ3) is 3.66. The van der Waals surface area contributed by atoms with E-state index in [-0.39, 0.29) is 12.0 Å². The molecule has 0 spiro atoms. The third-order valence-corrected chi connectivity index (χ3v) is 5.02. The van der Waals surface area contributed by atoms with Crippen molar-refractivity contribution in [2.24, 2.45) is 0 Å². The monoisotopic (exact) mass is 331 g/mol. The van der Waals surface area contributed by atoms with Gasteiger partial charge in [0, 0.05) is 6.61 Å². The van der Waals surface area contributed by atoms with Crippen LogP contribution in [0.2, 0.25) is 0 Å². The Labute approximate surface area is 140 Å². The Morgan fingerprint density at radius 1 is 1.36 bits per heavy atom. The first kappa shape index (κ1) is 15.5. The Kier molecular flexibility index (Phi) is 5.08. The van der Waals surface area contributed by atoms with Gasteiger partial charge in [0.2, 0.25) is 0 Å². The Morgan fingerprint density at radius 3 is 2.91 bits per heavy atom. The fourth-order valence-electron chi connectivity index (χ4n) is 2.47. The number of ether oxygens (including phenoxy) is 1. The molecule has 114 valence electrons. The van der Waals surface area contributed by atoms with E-state index in [0.29, 0.717) is 15.8 Å². The van der Waals surface area contributed by atoms with E-state index in [1.165, 1.54) is 11.8 Å². The quantitative estimate of drug-likeness (QED) is 0.622. The predicted octanol–water partition coefficient (Wildman–Crippen LogP) is 3.62. The summed E-state index contributed by atoms with van der Waals surface area (Å²) in [7, 11) is 0. The van der Waals surface area contributed by atoms with Crippen LogP contribution in [0.15, 0.2) is 47.4 Å². The van der Waals surface area contributed by atoms with Gasteiger partial charge in [0.1, 0.15) is 4.32 Å². The summed E-state index contributed by atoms with van der Waals surface area (Å²) >= 11 is 6.68. The lowest BCUT2D eigenvalue weighted by atomic mass is 10.2. The van der Waals surface area contributed by atoms with Gasteiger partial charge in [0.25, 0.3) is 5.91 Å². The van der Waals surface area contributed by atoms with Crippen molar-refractivity contribution in [3.63, 3.8) is 0 Å².